The second kappa shape index (κ2) is 4.44. The minimum Gasteiger partial charge on any atom is -0.297 e. The van der Waals surface area contributed by atoms with Crippen LogP contribution in [0.2, 0.25) is 0 Å². The quantitative estimate of drug-likeness (QED) is 0.609. The molecular weight excluding hydrogens is 148 g/mol. The predicted octanol–water partition coefficient (Wildman–Crippen LogP) is 2.19. The average molecular weight is 160 g/mol. The summed E-state index contributed by atoms with van der Waals surface area (Å²) in [6.45, 7) is 2.04. The Morgan fingerprint density at radius 2 is 2.42 bits per heavy atom. The van der Waals surface area contributed by atoms with Crippen LogP contribution in [0.4, 0.5) is 0 Å². The summed E-state index contributed by atoms with van der Waals surface area (Å²) >= 11 is 0. The van der Waals surface area contributed by atoms with Crippen molar-refractivity contribution in [2.24, 2.45) is 4.99 Å². The summed E-state index contributed by atoms with van der Waals surface area (Å²) in [4.78, 5) is 7.91. The van der Waals surface area contributed by atoms with E-state index < -0.39 is 0 Å². The Hall–Kier alpha value is -1.44. The van der Waals surface area contributed by atoms with Crippen LogP contribution in [0.5, 0.6) is 0 Å². The Balaban J connectivity index is 2.85. The van der Waals surface area contributed by atoms with Crippen molar-refractivity contribution in [3.8, 4) is 0 Å². The smallest absolute Gasteiger partial charge is 0.0342 e. The Kier molecular flexibility index (Phi) is 3.20. The molecule has 0 saturated carbocycles. The maximum atomic E-state index is 4.03. The van der Waals surface area contributed by atoms with Gasteiger partial charge in [-0.15, -0.1) is 0 Å². The zero-order valence-electron chi connectivity index (χ0n) is 7.36. The van der Waals surface area contributed by atoms with E-state index in [9.17, 15) is 0 Å². The SMILES string of the molecule is CN=CC=C(C)c1cccnc1. The van der Waals surface area contributed by atoms with Crippen molar-refractivity contribution in [3.63, 3.8) is 0 Å². The number of aromatic nitrogens is 1. The lowest BCUT2D eigenvalue weighted by Crippen LogP contribution is -1.80. The third-order valence-corrected chi connectivity index (χ3v) is 1.59. The lowest BCUT2D eigenvalue weighted by molar-refractivity contribution is 1.30. The van der Waals surface area contributed by atoms with Crippen LogP contribution in [0.1, 0.15) is 12.5 Å². The third kappa shape index (κ3) is 2.31. The van der Waals surface area contributed by atoms with Gasteiger partial charge in [-0.1, -0.05) is 6.07 Å². The van der Waals surface area contributed by atoms with E-state index in [1.165, 1.54) is 5.57 Å². The van der Waals surface area contributed by atoms with E-state index in [2.05, 4.69) is 9.98 Å². The van der Waals surface area contributed by atoms with Gasteiger partial charge in [0.1, 0.15) is 0 Å². The normalized spacial score (nSPS) is 12.3. The summed E-state index contributed by atoms with van der Waals surface area (Å²) in [5.74, 6) is 0. The molecule has 0 aliphatic carbocycles. The van der Waals surface area contributed by atoms with E-state index in [1.54, 1.807) is 19.5 Å². The molecule has 0 bridgehead atoms. The van der Waals surface area contributed by atoms with Gasteiger partial charge >= 0.3 is 0 Å². The molecule has 1 aromatic rings. The Morgan fingerprint density at radius 3 is 3.00 bits per heavy atom. The molecule has 0 aliphatic rings. The molecule has 0 aromatic carbocycles. The average Bonchev–Trinajstić information content (AvgIpc) is 2.15. The van der Waals surface area contributed by atoms with Crippen molar-refractivity contribution in [2.75, 3.05) is 7.05 Å². The molecule has 1 rings (SSSR count). The van der Waals surface area contributed by atoms with Gasteiger partial charge in [0.15, 0.2) is 0 Å². The highest BCUT2D eigenvalue weighted by atomic mass is 14.6. The van der Waals surface area contributed by atoms with Crippen molar-refractivity contribution < 1.29 is 0 Å². The van der Waals surface area contributed by atoms with Gasteiger partial charge in [-0.3, -0.25) is 9.98 Å². The van der Waals surface area contributed by atoms with Gasteiger partial charge in [0.2, 0.25) is 0 Å². The highest BCUT2D eigenvalue weighted by molar-refractivity contribution is 5.83. The topological polar surface area (TPSA) is 25.2 Å². The van der Waals surface area contributed by atoms with Gasteiger partial charge in [0, 0.05) is 25.7 Å². The molecule has 0 spiro atoms. The Morgan fingerprint density at radius 1 is 1.58 bits per heavy atom. The summed E-state index contributed by atoms with van der Waals surface area (Å²) in [5.41, 5.74) is 2.31. The number of aliphatic imine (C=N–C) groups is 1. The molecule has 0 radical (unpaired) electrons. The fourth-order valence-corrected chi connectivity index (χ4v) is 0.879. The van der Waals surface area contributed by atoms with Crippen LogP contribution in [0.15, 0.2) is 35.6 Å². The van der Waals surface area contributed by atoms with Crippen LogP contribution in [-0.2, 0) is 0 Å². The van der Waals surface area contributed by atoms with E-state index in [0.29, 0.717) is 0 Å². The first-order valence-electron chi connectivity index (χ1n) is 3.84. The molecule has 2 heteroatoms. The highest BCUT2D eigenvalue weighted by Gasteiger charge is 1.91. The molecule has 1 aromatic heterocycles. The molecule has 0 amide bonds. The van der Waals surface area contributed by atoms with Crippen molar-refractivity contribution in [1.29, 1.82) is 0 Å². The largest absolute Gasteiger partial charge is 0.297 e. The van der Waals surface area contributed by atoms with Crippen molar-refractivity contribution in [1.82, 2.24) is 4.98 Å². The molecule has 0 aliphatic heterocycles. The van der Waals surface area contributed by atoms with Gasteiger partial charge in [-0.2, -0.15) is 0 Å². The standard InChI is InChI=1S/C10H12N2/c1-9(5-7-11-2)10-4-3-6-12-8-10/h3-8H,1-2H3. The van der Waals surface area contributed by atoms with E-state index in [4.69, 9.17) is 0 Å². The maximum absolute atomic E-state index is 4.03. The van der Waals surface area contributed by atoms with Crippen LogP contribution in [0.25, 0.3) is 5.57 Å². The zero-order valence-corrected chi connectivity index (χ0v) is 7.36. The summed E-state index contributed by atoms with van der Waals surface area (Å²) in [7, 11) is 1.76. The molecule has 0 fully saturated rings. The summed E-state index contributed by atoms with van der Waals surface area (Å²) < 4.78 is 0. The number of pyridine rings is 1. The maximum Gasteiger partial charge on any atom is 0.0342 e. The first-order valence-corrected chi connectivity index (χ1v) is 3.84. The number of nitrogens with zero attached hydrogens (tertiary/aromatic N) is 2. The number of rotatable bonds is 2. The minimum atomic E-state index is 1.14. The number of allylic oxidation sites excluding steroid dienone is 2. The van der Waals surface area contributed by atoms with Gasteiger partial charge < -0.3 is 0 Å². The fraction of sp³-hybridized carbons (Fsp3) is 0.200. The zero-order chi connectivity index (χ0) is 8.81. The lowest BCUT2D eigenvalue weighted by atomic mass is 10.1. The molecule has 0 N–H and O–H groups in total. The number of hydrogen-bond acceptors (Lipinski definition) is 2. The van der Waals surface area contributed by atoms with Crippen LogP contribution in [-0.4, -0.2) is 18.2 Å². The molecule has 0 atom stereocenters. The van der Waals surface area contributed by atoms with Gasteiger partial charge in [0.05, 0.1) is 0 Å². The molecular formula is C10H12N2. The third-order valence-electron chi connectivity index (χ3n) is 1.59. The van der Waals surface area contributed by atoms with Gasteiger partial charge in [0.25, 0.3) is 0 Å². The minimum absolute atomic E-state index is 1.14. The summed E-state index contributed by atoms with van der Waals surface area (Å²) in [5, 5.41) is 0. The van der Waals surface area contributed by atoms with E-state index in [0.717, 1.165) is 5.56 Å². The molecule has 62 valence electrons. The Labute approximate surface area is 72.7 Å². The lowest BCUT2D eigenvalue weighted by Gasteiger charge is -1.96. The van der Waals surface area contributed by atoms with Crippen molar-refractivity contribution in [3.05, 3.63) is 36.2 Å². The van der Waals surface area contributed by atoms with Crippen LogP contribution in [0.3, 0.4) is 0 Å². The molecule has 0 unspecified atom stereocenters. The second-order valence-corrected chi connectivity index (χ2v) is 2.50. The number of hydrogen-bond donors (Lipinski definition) is 0. The van der Waals surface area contributed by atoms with Gasteiger partial charge in [-0.05, 0) is 30.2 Å². The molecule has 0 saturated heterocycles. The summed E-state index contributed by atoms with van der Waals surface area (Å²) in [6.07, 6.45) is 7.36. The first-order chi connectivity index (χ1) is 5.84. The Bertz CT molecular complexity index is 286. The monoisotopic (exact) mass is 160 g/mol. The van der Waals surface area contributed by atoms with Crippen LogP contribution >= 0.6 is 0 Å². The summed E-state index contributed by atoms with van der Waals surface area (Å²) in [6, 6.07) is 3.96. The molecule has 12 heavy (non-hydrogen) atoms. The predicted molar refractivity (Wildman–Crippen MR) is 52.3 cm³/mol. The van der Waals surface area contributed by atoms with Gasteiger partial charge in [-0.25, -0.2) is 0 Å². The van der Waals surface area contributed by atoms with Crippen LogP contribution in [0, 0.1) is 0 Å². The van der Waals surface area contributed by atoms with Crippen molar-refractivity contribution >= 4 is 11.8 Å². The van der Waals surface area contributed by atoms with E-state index in [-0.39, 0.29) is 0 Å². The van der Waals surface area contributed by atoms with Crippen molar-refractivity contribution in [2.45, 2.75) is 6.92 Å². The molecule has 1 heterocycles. The fourth-order valence-electron chi connectivity index (χ4n) is 0.879. The van der Waals surface area contributed by atoms with E-state index in [1.807, 2.05) is 31.3 Å². The van der Waals surface area contributed by atoms with E-state index >= 15 is 0 Å². The molecule has 2 nitrogen and oxygen atoms in total. The highest BCUT2D eigenvalue weighted by Crippen LogP contribution is 2.09. The second-order valence-electron chi connectivity index (χ2n) is 2.50. The first kappa shape index (κ1) is 8.65. The van der Waals surface area contributed by atoms with Crippen LogP contribution < -0.4 is 0 Å².